The monoisotopic (exact) mass is 210 g/mol. The number of carbonyl (C=O) groups excluding carboxylic acids is 1. The first kappa shape index (κ1) is 10.4. The molecule has 0 aromatic heterocycles. The van der Waals surface area contributed by atoms with Crippen molar-refractivity contribution in [2.24, 2.45) is 0 Å². The predicted octanol–water partition coefficient (Wildman–Crippen LogP) is 2.39. The molecule has 0 fully saturated rings. The van der Waals surface area contributed by atoms with Gasteiger partial charge in [-0.2, -0.15) is 5.26 Å². The first-order valence-corrected chi connectivity index (χ1v) is 4.10. The summed E-state index contributed by atoms with van der Waals surface area (Å²) in [5.41, 5.74) is 0.776. The summed E-state index contributed by atoms with van der Waals surface area (Å²) >= 11 is 5.70. The van der Waals surface area contributed by atoms with Crippen LogP contribution in [0.1, 0.15) is 5.56 Å². The van der Waals surface area contributed by atoms with Crippen molar-refractivity contribution in [1.82, 2.24) is 0 Å². The van der Waals surface area contributed by atoms with Crippen LogP contribution in [0.25, 0.3) is 0 Å². The Labute approximate surface area is 86.0 Å². The predicted molar refractivity (Wildman–Crippen MR) is 52.2 cm³/mol. The zero-order chi connectivity index (χ0) is 10.6. The van der Waals surface area contributed by atoms with E-state index in [-0.39, 0.29) is 0 Å². The number of rotatable bonds is 1. The number of ether oxygens (including phenoxy) is 1. The van der Waals surface area contributed by atoms with Gasteiger partial charge in [0.25, 0.3) is 0 Å². The molecule has 0 unspecified atom stereocenters. The second kappa shape index (κ2) is 4.49. The lowest BCUT2D eigenvalue weighted by Crippen LogP contribution is -2.10. The Bertz CT molecular complexity index is 398. The molecule has 1 amide bonds. The highest BCUT2D eigenvalue weighted by Crippen LogP contribution is 2.19. The van der Waals surface area contributed by atoms with Gasteiger partial charge in [0.15, 0.2) is 0 Å². The van der Waals surface area contributed by atoms with E-state index >= 15 is 0 Å². The van der Waals surface area contributed by atoms with E-state index in [1.54, 1.807) is 6.07 Å². The molecule has 1 N–H and O–H groups in total. The highest BCUT2D eigenvalue weighted by Gasteiger charge is 2.04. The third-order valence-corrected chi connectivity index (χ3v) is 1.85. The van der Waals surface area contributed by atoms with Gasteiger partial charge in [0.1, 0.15) is 6.07 Å². The number of nitrogens with one attached hydrogen (secondary N) is 1. The van der Waals surface area contributed by atoms with Crippen LogP contribution in [0, 0.1) is 11.3 Å². The zero-order valence-electron chi connectivity index (χ0n) is 7.37. The van der Waals surface area contributed by atoms with Crippen LogP contribution in [0.15, 0.2) is 18.2 Å². The summed E-state index contributed by atoms with van der Waals surface area (Å²) in [5.74, 6) is 0. The molecule has 0 aliphatic heterocycles. The Hall–Kier alpha value is -1.73. The number of carbonyl (C=O) groups is 1. The maximum atomic E-state index is 10.8. The summed E-state index contributed by atoms with van der Waals surface area (Å²) in [6, 6.07) is 6.49. The van der Waals surface area contributed by atoms with Gasteiger partial charge >= 0.3 is 6.09 Å². The molecule has 5 heteroatoms. The smallest absolute Gasteiger partial charge is 0.411 e. The van der Waals surface area contributed by atoms with Crippen molar-refractivity contribution in [1.29, 1.82) is 5.26 Å². The van der Waals surface area contributed by atoms with Gasteiger partial charge in [-0.3, -0.25) is 5.32 Å². The largest absolute Gasteiger partial charge is 0.453 e. The summed E-state index contributed by atoms with van der Waals surface area (Å²) in [6.07, 6.45) is -0.587. The number of benzene rings is 1. The molecule has 0 spiro atoms. The molecule has 0 radical (unpaired) electrons. The van der Waals surface area contributed by atoms with Crippen molar-refractivity contribution in [2.75, 3.05) is 12.4 Å². The molecular formula is C9H7ClN2O2. The van der Waals surface area contributed by atoms with E-state index < -0.39 is 6.09 Å². The Morgan fingerprint density at radius 1 is 1.64 bits per heavy atom. The van der Waals surface area contributed by atoms with Crippen molar-refractivity contribution in [3.63, 3.8) is 0 Å². The molecule has 0 saturated carbocycles. The molecule has 0 atom stereocenters. The minimum absolute atomic E-state index is 0.306. The van der Waals surface area contributed by atoms with Crippen LogP contribution in [0.2, 0.25) is 5.02 Å². The highest BCUT2D eigenvalue weighted by atomic mass is 35.5. The van der Waals surface area contributed by atoms with Gasteiger partial charge in [0.05, 0.1) is 17.7 Å². The Morgan fingerprint density at radius 3 is 2.93 bits per heavy atom. The molecular weight excluding hydrogens is 204 g/mol. The maximum absolute atomic E-state index is 10.8. The number of anilines is 1. The van der Waals surface area contributed by atoms with Crippen LogP contribution < -0.4 is 5.32 Å². The number of methoxy groups -OCH3 is 1. The molecule has 0 aliphatic rings. The van der Waals surface area contributed by atoms with Crippen LogP contribution in [0.4, 0.5) is 10.5 Å². The number of nitriles is 1. The second-order valence-corrected chi connectivity index (χ2v) is 2.83. The highest BCUT2D eigenvalue weighted by molar-refractivity contribution is 6.31. The molecule has 72 valence electrons. The third kappa shape index (κ3) is 2.38. The van der Waals surface area contributed by atoms with Crippen LogP contribution in [0.5, 0.6) is 0 Å². The van der Waals surface area contributed by atoms with Crippen LogP contribution in [-0.4, -0.2) is 13.2 Å². The summed E-state index contributed by atoms with van der Waals surface area (Å²) in [4.78, 5) is 10.8. The van der Waals surface area contributed by atoms with Gasteiger partial charge in [-0.1, -0.05) is 11.6 Å². The fraction of sp³-hybridized carbons (Fsp3) is 0.111. The summed E-state index contributed by atoms with van der Waals surface area (Å²) in [5, 5.41) is 11.4. The van der Waals surface area contributed by atoms with E-state index in [0.717, 1.165) is 0 Å². The minimum atomic E-state index is -0.587. The molecule has 0 aliphatic carbocycles. The fourth-order valence-corrected chi connectivity index (χ4v) is 1.02. The molecule has 0 bridgehead atoms. The standard InChI is InChI=1S/C9H7ClN2O2/c1-14-9(13)12-7-2-3-8(10)6(4-7)5-11/h2-4H,1H3,(H,12,13). The SMILES string of the molecule is COC(=O)Nc1ccc(Cl)c(C#N)c1. The zero-order valence-corrected chi connectivity index (χ0v) is 8.13. The number of hydrogen-bond donors (Lipinski definition) is 1. The van der Waals surface area contributed by atoms with Crippen molar-refractivity contribution in [3.8, 4) is 6.07 Å². The van der Waals surface area contributed by atoms with Gasteiger partial charge in [0, 0.05) is 5.69 Å². The fourth-order valence-electron chi connectivity index (χ4n) is 0.858. The van der Waals surface area contributed by atoms with Crippen molar-refractivity contribution < 1.29 is 9.53 Å². The van der Waals surface area contributed by atoms with E-state index in [1.165, 1.54) is 19.2 Å². The van der Waals surface area contributed by atoms with Crippen LogP contribution in [0.3, 0.4) is 0 Å². The number of halogens is 1. The Balaban J connectivity index is 2.91. The second-order valence-electron chi connectivity index (χ2n) is 2.42. The summed E-state index contributed by atoms with van der Waals surface area (Å²) in [6.45, 7) is 0. The van der Waals surface area contributed by atoms with E-state index in [4.69, 9.17) is 16.9 Å². The first-order valence-electron chi connectivity index (χ1n) is 3.72. The third-order valence-electron chi connectivity index (χ3n) is 1.52. The lowest BCUT2D eigenvalue weighted by atomic mass is 10.2. The lowest BCUT2D eigenvalue weighted by Gasteiger charge is -2.03. The topological polar surface area (TPSA) is 62.1 Å². The minimum Gasteiger partial charge on any atom is -0.453 e. The van der Waals surface area contributed by atoms with Gasteiger partial charge in [-0.25, -0.2) is 4.79 Å². The van der Waals surface area contributed by atoms with E-state index in [9.17, 15) is 4.79 Å². The molecule has 0 heterocycles. The first-order chi connectivity index (χ1) is 6.67. The van der Waals surface area contributed by atoms with Crippen LogP contribution in [-0.2, 0) is 4.74 Å². The number of nitrogens with zero attached hydrogens (tertiary/aromatic N) is 1. The number of amides is 1. The van der Waals surface area contributed by atoms with Gasteiger partial charge in [-0.05, 0) is 18.2 Å². The van der Waals surface area contributed by atoms with Crippen molar-refractivity contribution >= 4 is 23.4 Å². The average molecular weight is 211 g/mol. The summed E-state index contributed by atoms with van der Waals surface area (Å²) < 4.78 is 4.39. The molecule has 1 aromatic rings. The van der Waals surface area contributed by atoms with Crippen molar-refractivity contribution in [3.05, 3.63) is 28.8 Å². The normalized spacial score (nSPS) is 8.93. The lowest BCUT2D eigenvalue weighted by molar-refractivity contribution is 0.187. The molecule has 1 aromatic carbocycles. The van der Waals surface area contributed by atoms with Gasteiger partial charge < -0.3 is 4.74 Å². The number of hydrogen-bond acceptors (Lipinski definition) is 3. The van der Waals surface area contributed by atoms with Gasteiger partial charge in [0.2, 0.25) is 0 Å². The molecule has 0 saturated heterocycles. The van der Waals surface area contributed by atoms with E-state index in [0.29, 0.717) is 16.3 Å². The summed E-state index contributed by atoms with van der Waals surface area (Å²) in [7, 11) is 1.26. The molecule has 4 nitrogen and oxygen atoms in total. The Morgan fingerprint density at radius 2 is 2.36 bits per heavy atom. The molecule has 1 rings (SSSR count). The van der Waals surface area contributed by atoms with Gasteiger partial charge in [-0.15, -0.1) is 0 Å². The van der Waals surface area contributed by atoms with Crippen molar-refractivity contribution in [2.45, 2.75) is 0 Å². The van der Waals surface area contributed by atoms with Crippen LogP contribution >= 0.6 is 11.6 Å². The van der Waals surface area contributed by atoms with E-state index in [2.05, 4.69) is 10.1 Å². The maximum Gasteiger partial charge on any atom is 0.411 e. The Kier molecular flexibility index (Phi) is 3.32. The average Bonchev–Trinajstić information content (AvgIpc) is 2.20. The molecule has 14 heavy (non-hydrogen) atoms. The quantitative estimate of drug-likeness (QED) is 0.774. The van der Waals surface area contributed by atoms with E-state index in [1.807, 2.05) is 6.07 Å².